The number of sulfone groups is 1. The number of imidazole rings is 1. The Morgan fingerprint density at radius 2 is 2.00 bits per heavy atom. The van der Waals surface area contributed by atoms with Crippen LogP contribution in [0, 0.1) is 3.57 Å². The molecule has 2 heterocycles. The molecular formula is C17H14IN3O2S2W. The number of aromatic nitrogens is 3. The summed E-state index contributed by atoms with van der Waals surface area (Å²) >= 11 is 5.13. The molecule has 0 radical (unpaired) electrons. The molecule has 0 unspecified atom stereocenters. The Hall–Kier alpha value is -0.832. The van der Waals surface area contributed by atoms with E-state index in [1.165, 1.54) is 31.8 Å². The van der Waals surface area contributed by atoms with E-state index in [1.54, 1.807) is 17.8 Å². The minimum atomic E-state index is -3.32. The average Bonchev–Trinajstić information content (AvgIpc) is 2.96. The van der Waals surface area contributed by atoms with Crippen LogP contribution in [0.15, 0.2) is 58.8 Å². The van der Waals surface area contributed by atoms with E-state index in [4.69, 9.17) is 0 Å². The average molecular weight is 667 g/mol. The molecule has 0 aliphatic carbocycles. The van der Waals surface area contributed by atoms with Gasteiger partial charge in [0.05, 0.1) is 0 Å². The summed E-state index contributed by atoms with van der Waals surface area (Å²) in [5.41, 5.74) is 3.05. The van der Waals surface area contributed by atoms with Crippen molar-refractivity contribution in [1.82, 2.24) is 14.5 Å². The minimum absolute atomic E-state index is 0.0909. The van der Waals surface area contributed by atoms with Crippen LogP contribution in [0.2, 0.25) is 0 Å². The van der Waals surface area contributed by atoms with Crippen molar-refractivity contribution < 1.29 is 27.8 Å². The Kier molecular flexibility index (Phi) is 6.16. The predicted octanol–water partition coefficient (Wildman–Crippen LogP) is 3.31. The second-order valence-corrected chi connectivity index (χ2v) is 12.3. The molecule has 0 aliphatic rings. The van der Waals surface area contributed by atoms with Crippen molar-refractivity contribution >= 4 is 47.4 Å². The molecule has 0 atom stereocenters. The molecule has 9 heteroatoms. The number of nitrogens with zero attached hydrogens (tertiary/aromatic N) is 3. The van der Waals surface area contributed by atoms with Crippen LogP contribution in [0.3, 0.4) is 0 Å². The summed E-state index contributed by atoms with van der Waals surface area (Å²) < 4.78 is 27.7. The summed E-state index contributed by atoms with van der Waals surface area (Å²) in [5, 5.41) is 0.0909. The fourth-order valence-electron chi connectivity index (χ4n) is 2.33. The van der Waals surface area contributed by atoms with Gasteiger partial charge in [-0.3, -0.25) is 0 Å². The summed E-state index contributed by atoms with van der Waals surface area (Å²) in [5.74, 6) is 0. The predicted molar refractivity (Wildman–Crippen MR) is 109 cm³/mol. The van der Waals surface area contributed by atoms with Crippen LogP contribution >= 0.6 is 34.4 Å². The summed E-state index contributed by atoms with van der Waals surface area (Å²) in [6.07, 6.45) is 4.51. The van der Waals surface area contributed by atoms with Gasteiger partial charge in [-0.1, -0.05) is 0 Å². The number of pyridine rings is 1. The molecule has 0 bridgehead atoms. The van der Waals surface area contributed by atoms with Gasteiger partial charge < -0.3 is 0 Å². The van der Waals surface area contributed by atoms with Crippen LogP contribution < -0.4 is 0 Å². The van der Waals surface area contributed by atoms with E-state index in [0.29, 0.717) is 0 Å². The monoisotopic (exact) mass is 667 g/mol. The zero-order valence-electron chi connectivity index (χ0n) is 13.9. The van der Waals surface area contributed by atoms with Crippen molar-refractivity contribution in [3.63, 3.8) is 0 Å². The number of benzene rings is 1. The van der Waals surface area contributed by atoms with E-state index in [1.807, 2.05) is 36.1 Å². The molecule has 0 aliphatic heterocycles. The first-order valence-electron chi connectivity index (χ1n) is 7.41. The van der Waals surface area contributed by atoms with Crippen molar-refractivity contribution in [3.05, 3.63) is 58.2 Å². The van der Waals surface area contributed by atoms with Gasteiger partial charge in [-0.05, 0) is 0 Å². The molecule has 3 aromatic rings. The molecule has 26 heavy (non-hydrogen) atoms. The fourth-order valence-corrected chi connectivity index (χ4v) is 6.29. The molecular weight excluding hydrogens is 653 g/mol. The maximum atomic E-state index is 11.7. The number of thioether (sulfide) groups is 1. The third-order valence-corrected chi connectivity index (χ3v) is 7.64. The summed E-state index contributed by atoms with van der Waals surface area (Å²) in [6, 6.07) is 11.7. The van der Waals surface area contributed by atoms with Crippen molar-refractivity contribution in [3.8, 4) is 11.3 Å². The molecule has 0 saturated carbocycles. The normalized spacial score (nSPS) is 11.5. The number of hydrogen-bond acceptors (Lipinski definition) is 5. The first-order chi connectivity index (χ1) is 12.3. The van der Waals surface area contributed by atoms with E-state index in [9.17, 15) is 8.42 Å². The molecule has 2 aromatic heterocycles. The number of halogens is 1. The Morgan fingerprint density at radius 3 is 2.69 bits per heavy atom. The van der Waals surface area contributed by atoms with Gasteiger partial charge in [0.1, 0.15) is 0 Å². The summed E-state index contributed by atoms with van der Waals surface area (Å²) in [4.78, 5) is 9.38. The van der Waals surface area contributed by atoms with Crippen molar-refractivity contribution in [2.24, 2.45) is 7.05 Å². The van der Waals surface area contributed by atoms with Crippen LogP contribution in [0.4, 0.5) is 0 Å². The van der Waals surface area contributed by atoms with Gasteiger partial charge in [-0.25, -0.2) is 0 Å². The van der Waals surface area contributed by atoms with E-state index < -0.39 is 9.84 Å². The molecule has 0 saturated heterocycles. The topological polar surface area (TPSA) is 64.8 Å². The zero-order valence-corrected chi connectivity index (χ0v) is 20.6. The third kappa shape index (κ3) is 4.52. The van der Waals surface area contributed by atoms with Gasteiger partial charge in [-0.2, -0.15) is 0 Å². The van der Waals surface area contributed by atoms with Gasteiger partial charge in [0.2, 0.25) is 0 Å². The van der Waals surface area contributed by atoms with Crippen molar-refractivity contribution in [2.75, 3.05) is 6.26 Å². The van der Waals surface area contributed by atoms with Crippen molar-refractivity contribution in [1.29, 1.82) is 0 Å². The number of rotatable bonds is 5. The van der Waals surface area contributed by atoms with E-state index in [2.05, 4.69) is 44.7 Å². The van der Waals surface area contributed by atoms with E-state index in [-0.39, 0.29) is 5.03 Å². The summed E-state index contributed by atoms with van der Waals surface area (Å²) in [6.45, 7) is 0. The van der Waals surface area contributed by atoms with Crippen LogP contribution in [0.5, 0.6) is 0 Å². The van der Waals surface area contributed by atoms with Crippen LogP contribution in [0.1, 0.15) is 5.69 Å². The molecule has 0 fully saturated rings. The second kappa shape index (κ2) is 8.04. The SMILES string of the molecule is Cn1cnc(-c2cccc(I)c2)c1[C](=[W])Sc1ccnc(S(C)(=O)=O)c1. The quantitative estimate of drug-likeness (QED) is 0.309. The van der Waals surface area contributed by atoms with E-state index in [0.717, 1.165) is 28.6 Å². The van der Waals surface area contributed by atoms with Crippen molar-refractivity contribution in [2.45, 2.75) is 9.92 Å². The number of aryl methyl sites for hydroxylation is 1. The molecule has 0 spiro atoms. The Bertz CT molecular complexity index is 1100. The molecule has 0 N–H and O–H groups in total. The van der Waals surface area contributed by atoms with Gasteiger partial charge in [0.25, 0.3) is 0 Å². The summed E-state index contributed by atoms with van der Waals surface area (Å²) in [7, 11) is -1.35. The van der Waals surface area contributed by atoms with Crippen LogP contribution in [0.25, 0.3) is 11.3 Å². The number of hydrogen-bond donors (Lipinski definition) is 0. The van der Waals surface area contributed by atoms with Gasteiger partial charge in [0, 0.05) is 0 Å². The standard InChI is InChI=1S/C17H14IN3O2S2.W/c1-21-11-20-17(12-4-3-5-13(18)8-12)15(21)10-24-14-6-7-19-16(9-14)25(2,22)23;/h3-9,11H,1-2H3;. The molecule has 3 rings (SSSR count). The molecule has 0 amide bonds. The molecule has 1 aromatic carbocycles. The fraction of sp³-hybridized carbons (Fsp3) is 0.118. The van der Waals surface area contributed by atoms with Gasteiger partial charge in [-0.15, -0.1) is 0 Å². The zero-order chi connectivity index (χ0) is 18.9. The maximum absolute atomic E-state index is 11.7. The first kappa shape index (κ1) is 19.9. The van der Waals surface area contributed by atoms with Gasteiger partial charge in [0.15, 0.2) is 0 Å². The molecule has 5 nitrogen and oxygen atoms in total. The Morgan fingerprint density at radius 1 is 1.23 bits per heavy atom. The second-order valence-electron chi connectivity index (χ2n) is 5.55. The Balaban J connectivity index is 1.96. The third-order valence-electron chi connectivity index (χ3n) is 3.53. The van der Waals surface area contributed by atoms with Gasteiger partial charge >= 0.3 is 182 Å². The van der Waals surface area contributed by atoms with Crippen LogP contribution in [-0.2, 0) is 36.2 Å². The first-order valence-corrected chi connectivity index (χ1v) is 12.7. The van der Waals surface area contributed by atoms with E-state index >= 15 is 0 Å². The van der Waals surface area contributed by atoms with Crippen LogP contribution in [-0.4, -0.2) is 32.4 Å². The molecule has 134 valence electrons. The Labute approximate surface area is 181 Å².